The molecule has 1 fully saturated rings. The number of nitrogens with one attached hydrogen (secondary N) is 1. The van der Waals surface area contributed by atoms with E-state index in [1.54, 1.807) is 0 Å². The largest absolute Gasteiger partial charge is 0.378 e. The first-order valence-electron chi connectivity index (χ1n) is 6.79. The Kier molecular flexibility index (Phi) is 7.69. The monoisotopic (exact) mass is 255 g/mol. The highest BCUT2D eigenvalue weighted by Gasteiger charge is 2.14. The fourth-order valence-electron chi connectivity index (χ4n) is 1.92. The average molecular weight is 255 g/mol. The van der Waals surface area contributed by atoms with Gasteiger partial charge in [-0.25, -0.2) is 0 Å². The molecular weight excluding hydrogens is 230 g/mol. The third-order valence-electron chi connectivity index (χ3n) is 2.88. The Labute approximate surface area is 110 Å². The van der Waals surface area contributed by atoms with Gasteiger partial charge in [-0.15, -0.1) is 0 Å². The van der Waals surface area contributed by atoms with Crippen molar-refractivity contribution in [3.63, 3.8) is 0 Å². The van der Waals surface area contributed by atoms with E-state index in [0.717, 1.165) is 31.4 Å². The minimum atomic E-state index is 0.0862. The van der Waals surface area contributed by atoms with Gasteiger partial charge in [0.2, 0.25) is 5.91 Å². The molecular formula is C14H25NO3. The quantitative estimate of drug-likeness (QED) is 0.533. The highest BCUT2D eigenvalue weighted by Crippen LogP contribution is 2.16. The maximum absolute atomic E-state index is 11.5. The molecule has 0 saturated carbocycles. The van der Waals surface area contributed by atoms with E-state index in [0.29, 0.717) is 26.2 Å². The van der Waals surface area contributed by atoms with Gasteiger partial charge in [0.05, 0.1) is 19.3 Å². The molecule has 0 spiro atoms. The zero-order valence-electron chi connectivity index (χ0n) is 11.4. The van der Waals surface area contributed by atoms with Crippen LogP contribution in [0.1, 0.15) is 39.0 Å². The summed E-state index contributed by atoms with van der Waals surface area (Å²) in [5.41, 5.74) is 0.996. The number of amides is 1. The van der Waals surface area contributed by atoms with Gasteiger partial charge in [0.15, 0.2) is 0 Å². The van der Waals surface area contributed by atoms with Crippen LogP contribution in [0.15, 0.2) is 12.2 Å². The zero-order valence-corrected chi connectivity index (χ0v) is 11.4. The molecule has 0 aromatic heterocycles. The minimum absolute atomic E-state index is 0.0862. The first-order chi connectivity index (χ1) is 8.68. The van der Waals surface area contributed by atoms with Crippen molar-refractivity contribution >= 4 is 5.91 Å². The topological polar surface area (TPSA) is 47.6 Å². The highest BCUT2D eigenvalue weighted by molar-refractivity contribution is 5.75. The van der Waals surface area contributed by atoms with E-state index in [1.807, 2.05) is 6.92 Å². The van der Waals surface area contributed by atoms with Crippen LogP contribution in [-0.4, -0.2) is 38.4 Å². The molecule has 1 saturated heterocycles. The third-order valence-corrected chi connectivity index (χ3v) is 2.88. The summed E-state index contributed by atoms with van der Waals surface area (Å²) in [6, 6.07) is 0. The molecule has 1 rings (SSSR count). The van der Waals surface area contributed by atoms with Crippen LogP contribution in [0.3, 0.4) is 0 Å². The summed E-state index contributed by atoms with van der Waals surface area (Å²) in [6.07, 6.45) is 5.13. The summed E-state index contributed by atoms with van der Waals surface area (Å²) >= 11 is 0. The van der Waals surface area contributed by atoms with Crippen molar-refractivity contribution < 1.29 is 14.3 Å². The molecule has 1 heterocycles. The second kappa shape index (κ2) is 9.11. The van der Waals surface area contributed by atoms with Crippen LogP contribution in [0.5, 0.6) is 0 Å². The molecule has 4 heteroatoms. The van der Waals surface area contributed by atoms with Crippen molar-refractivity contribution in [2.24, 2.45) is 0 Å². The van der Waals surface area contributed by atoms with E-state index in [2.05, 4.69) is 11.9 Å². The minimum Gasteiger partial charge on any atom is -0.378 e. The molecule has 1 unspecified atom stereocenters. The van der Waals surface area contributed by atoms with Gasteiger partial charge in [-0.1, -0.05) is 12.2 Å². The lowest BCUT2D eigenvalue weighted by molar-refractivity contribution is -0.122. The van der Waals surface area contributed by atoms with E-state index < -0.39 is 0 Å². The fourth-order valence-corrected chi connectivity index (χ4v) is 1.92. The van der Waals surface area contributed by atoms with Gasteiger partial charge in [-0.3, -0.25) is 4.79 Å². The standard InChI is InChI=1S/C14H25NO3/c1-12(2)11-17-10-8-15-14(16)7-6-13-5-3-4-9-18-13/h13H,1,3-11H2,2H3,(H,15,16). The summed E-state index contributed by atoms with van der Waals surface area (Å²) in [7, 11) is 0. The number of ether oxygens (including phenoxy) is 2. The van der Waals surface area contributed by atoms with Crippen LogP contribution >= 0.6 is 0 Å². The molecule has 0 aliphatic carbocycles. The van der Waals surface area contributed by atoms with Gasteiger partial charge in [0.25, 0.3) is 0 Å². The van der Waals surface area contributed by atoms with Crippen LogP contribution in [0.4, 0.5) is 0 Å². The van der Waals surface area contributed by atoms with Crippen molar-refractivity contribution in [3.05, 3.63) is 12.2 Å². The third kappa shape index (κ3) is 7.45. The zero-order chi connectivity index (χ0) is 13.2. The van der Waals surface area contributed by atoms with Gasteiger partial charge in [0.1, 0.15) is 0 Å². The number of hydrogen-bond acceptors (Lipinski definition) is 3. The van der Waals surface area contributed by atoms with Gasteiger partial charge >= 0.3 is 0 Å². The van der Waals surface area contributed by atoms with Crippen LogP contribution in [-0.2, 0) is 14.3 Å². The molecule has 1 atom stereocenters. The first-order valence-corrected chi connectivity index (χ1v) is 6.79. The Bertz CT molecular complexity index is 260. The van der Waals surface area contributed by atoms with E-state index >= 15 is 0 Å². The van der Waals surface area contributed by atoms with Crippen molar-refractivity contribution in [2.45, 2.75) is 45.1 Å². The number of rotatable bonds is 8. The van der Waals surface area contributed by atoms with Crippen LogP contribution in [0.2, 0.25) is 0 Å². The second-order valence-corrected chi connectivity index (χ2v) is 4.89. The fraction of sp³-hybridized carbons (Fsp3) is 0.786. The molecule has 104 valence electrons. The lowest BCUT2D eigenvalue weighted by Gasteiger charge is -2.22. The summed E-state index contributed by atoms with van der Waals surface area (Å²) in [5.74, 6) is 0.0862. The van der Waals surface area contributed by atoms with Crippen molar-refractivity contribution in [3.8, 4) is 0 Å². The lowest BCUT2D eigenvalue weighted by atomic mass is 10.0. The molecule has 18 heavy (non-hydrogen) atoms. The number of carbonyl (C=O) groups excluding carboxylic acids is 1. The SMILES string of the molecule is C=C(C)COCCNC(=O)CCC1CCCCO1. The normalized spacial score (nSPS) is 19.5. The van der Waals surface area contributed by atoms with E-state index in [1.165, 1.54) is 6.42 Å². The highest BCUT2D eigenvalue weighted by atomic mass is 16.5. The molecule has 0 radical (unpaired) electrons. The molecule has 4 nitrogen and oxygen atoms in total. The van der Waals surface area contributed by atoms with Gasteiger partial charge < -0.3 is 14.8 Å². The van der Waals surface area contributed by atoms with Gasteiger partial charge in [-0.2, -0.15) is 0 Å². The predicted molar refractivity (Wildman–Crippen MR) is 71.5 cm³/mol. The maximum Gasteiger partial charge on any atom is 0.220 e. The maximum atomic E-state index is 11.5. The summed E-state index contributed by atoms with van der Waals surface area (Å²) in [5, 5.41) is 2.85. The second-order valence-electron chi connectivity index (χ2n) is 4.89. The van der Waals surface area contributed by atoms with Crippen molar-refractivity contribution in [1.29, 1.82) is 0 Å². The van der Waals surface area contributed by atoms with Gasteiger partial charge in [0, 0.05) is 19.6 Å². The number of carbonyl (C=O) groups is 1. The van der Waals surface area contributed by atoms with Crippen LogP contribution in [0.25, 0.3) is 0 Å². The molecule has 0 aromatic carbocycles. The molecule has 1 aliphatic rings. The Morgan fingerprint density at radius 2 is 2.33 bits per heavy atom. The van der Waals surface area contributed by atoms with Crippen molar-refractivity contribution in [1.82, 2.24) is 5.32 Å². The smallest absolute Gasteiger partial charge is 0.220 e. The summed E-state index contributed by atoms with van der Waals surface area (Å²) < 4.78 is 10.9. The molecule has 1 amide bonds. The Morgan fingerprint density at radius 1 is 1.50 bits per heavy atom. The molecule has 0 bridgehead atoms. The van der Waals surface area contributed by atoms with Crippen molar-refractivity contribution in [2.75, 3.05) is 26.4 Å². The van der Waals surface area contributed by atoms with E-state index in [9.17, 15) is 4.79 Å². The summed E-state index contributed by atoms with van der Waals surface area (Å²) in [6.45, 7) is 8.18. The molecule has 0 aromatic rings. The van der Waals surface area contributed by atoms with Crippen LogP contribution in [0, 0.1) is 0 Å². The van der Waals surface area contributed by atoms with E-state index in [4.69, 9.17) is 9.47 Å². The predicted octanol–water partition coefficient (Wildman–Crippen LogP) is 2.04. The first kappa shape index (κ1) is 15.2. The molecule has 1 aliphatic heterocycles. The lowest BCUT2D eigenvalue weighted by Crippen LogP contribution is -2.29. The summed E-state index contributed by atoms with van der Waals surface area (Å²) in [4.78, 5) is 11.5. The molecule has 1 N–H and O–H groups in total. The van der Waals surface area contributed by atoms with Gasteiger partial charge in [-0.05, 0) is 32.6 Å². The Hall–Kier alpha value is -0.870. The van der Waals surface area contributed by atoms with Crippen LogP contribution < -0.4 is 5.32 Å². The average Bonchev–Trinajstić information content (AvgIpc) is 2.37. The van der Waals surface area contributed by atoms with E-state index in [-0.39, 0.29) is 12.0 Å². The Morgan fingerprint density at radius 3 is 3.00 bits per heavy atom. The Balaban J connectivity index is 1.94. The number of hydrogen-bond donors (Lipinski definition) is 1.